The van der Waals surface area contributed by atoms with E-state index in [9.17, 15) is 4.79 Å². The Labute approximate surface area is 162 Å². The SMILES string of the molecule is COc1ccccc1N1C=CN2C(SCc3ccccc3C)=NNC2C1=O. The van der Waals surface area contributed by atoms with E-state index < -0.39 is 6.17 Å². The smallest absolute Gasteiger partial charge is 0.276 e. The van der Waals surface area contributed by atoms with Gasteiger partial charge in [0.25, 0.3) is 5.91 Å². The highest BCUT2D eigenvalue weighted by atomic mass is 32.2. The largest absolute Gasteiger partial charge is 0.495 e. The van der Waals surface area contributed by atoms with Gasteiger partial charge < -0.3 is 4.74 Å². The van der Waals surface area contributed by atoms with Crippen LogP contribution in [0, 0.1) is 6.92 Å². The van der Waals surface area contributed by atoms with Gasteiger partial charge >= 0.3 is 0 Å². The minimum Gasteiger partial charge on any atom is -0.495 e. The number of benzene rings is 2. The van der Waals surface area contributed by atoms with Gasteiger partial charge in [-0.3, -0.25) is 20.0 Å². The number of fused-ring (bicyclic) bond motifs is 1. The Hall–Kier alpha value is -2.93. The van der Waals surface area contributed by atoms with Crippen LogP contribution in [0.5, 0.6) is 5.75 Å². The summed E-state index contributed by atoms with van der Waals surface area (Å²) >= 11 is 1.61. The lowest BCUT2D eigenvalue weighted by atomic mass is 10.1. The molecule has 0 aromatic heterocycles. The molecule has 0 saturated carbocycles. The van der Waals surface area contributed by atoms with Gasteiger partial charge in [-0.1, -0.05) is 48.2 Å². The fraction of sp³-hybridized carbons (Fsp3) is 0.200. The lowest BCUT2D eigenvalue weighted by Gasteiger charge is -2.32. The molecule has 1 unspecified atom stereocenters. The van der Waals surface area contributed by atoms with Gasteiger partial charge in [0.1, 0.15) is 5.75 Å². The summed E-state index contributed by atoms with van der Waals surface area (Å²) in [6, 6.07) is 15.7. The molecule has 2 aliphatic heterocycles. The molecule has 0 aliphatic carbocycles. The summed E-state index contributed by atoms with van der Waals surface area (Å²) < 4.78 is 5.38. The van der Waals surface area contributed by atoms with E-state index in [2.05, 4.69) is 29.6 Å². The van der Waals surface area contributed by atoms with Crippen molar-refractivity contribution in [1.82, 2.24) is 10.3 Å². The number of nitrogens with zero attached hydrogens (tertiary/aromatic N) is 3. The fourth-order valence-corrected chi connectivity index (χ4v) is 4.10. The van der Waals surface area contributed by atoms with Crippen LogP contribution in [-0.2, 0) is 10.5 Å². The topological polar surface area (TPSA) is 57.2 Å². The molecule has 2 aliphatic rings. The predicted molar refractivity (Wildman–Crippen MR) is 108 cm³/mol. The first kappa shape index (κ1) is 17.5. The van der Waals surface area contributed by atoms with Gasteiger partial charge in [0.2, 0.25) is 6.17 Å². The molecule has 2 heterocycles. The average molecular weight is 380 g/mol. The average Bonchev–Trinajstić information content (AvgIpc) is 3.12. The van der Waals surface area contributed by atoms with Crippen LogP contribution >= 0.6 is 11.8 Å². The van der Waals surface area contributed by atoms with Crippen molar-refractivity contribution in [1.29, 1.82) is 0 Å². The number of carbonyl (C=O) groups is 1. The van der Waals surface area contributed by atoms with Gasteiger partial charge in [-0.15, -0.1) is 0 Å². The highest BCUT2D eigenvalue weighted by molar-refractivity contribution is 8.13. The lowest BCUT2D eigenvalue weighted by molar-refractivity contribution is -0.122. The molecule has 4 rings (SSSR count). The van der Waals surface area contributed by atoms with Crippen LogP contribution in [0.3, 0.4) is 0 Å². The zero-order valence-corrected chi connectivity index (χ0v) is 15.9. The normalized spacial score (nSPS) is 18.2. The third-order valence-electron chi connectivity index (χ3n) is 4.59. The van der Waals surface area contributed by atoms with Crippen LogP contribution in [0.25, 0.3) is 0 Å². The fourth-order valence-electron chi connectivity index (χ4n) is 3.06. The second-order valence-corrected chi connectivity index (χ2v) is 7.17. The number of ether oxygens (including phenoxy) is 1. The minimum atomic E-state index is -0.542. The van der Waals surface area contributed by atoms with Crippen molar-refractivity contribution < 1.29 is 9.53 Å². The molecule has 0 radical (unpaired) electrons. The maximum Gasteiger partial charge on any atom is 0.276 e. The van der Waals surface area contributed by atoms with Crippen molar-refractivity contribution in [2.45, 2.75) is 18.8 Å². The maximum atomic E-state index is 13.0. The molecule has 6 nitrogen and oxygen atoms in total. The molecule has 0 fully saturated rings. The van der Waals surface area contributed by atoms with Crippen LogP contribution in [0.4, 0.5) is 5.69 Å². The van der Waals surface area contributed by atoms with Crippen LogP contribution < -0.4 is 15.1 Å². The molecule has 2 aromatic carbocycles. The number of hydrogen-bond donors (Lipinski definition) is 1. The highest BCUT2D eigenvalue weighted by Gasteiger charge is 2.38. The van der Waals surface area contributed by atoms with E-state index in [0.29, 0.717) is 11.4 Å². The van der Waals surface area contributed by atoms with Crippen molar-refractivity contribution in [2.75, 3.05) is 12.0 Å². The Morgan fingerprint density at radius 1 is 1.15 bits per heavy atom. The Morgan fingerprint density at radius 3 is 2.74 bits per heavy atom. The number of hydrogen-bond acceptors (Lipinski definition) is 6. The van der Waals surface area contributed by atoms with E-state index in [-0.39, 0.29) is 5.91 Å². The summed E-state index contributed by atoms with van der Waals surface area (Å²) in [7, 11) is 1.60. The first-order valence-electron chi connectivity index (χ1n) is 8.62. The zero-order chi connectivity index (χ0) is 18.8. The van der Waals surface area contributed by atoms with Crippen molar-refractivity contribution >= 4 is 28.5 Å². The molecule has 1 amide bonds. The summed E-state index contributed by atoms with van der Waals surface area (Å²) in [5, 5.41) is 5.16. The Balaban J connectivity index is 1.51. The van der Waals surface area contributed by atoms with E-state index in [0.717, 1.165) is 10.9 Å². The summed E-state index contributed by atoms with van der Waals surface area (Å²) in [6.45, 7) is 2.10. The lowest BCUT2D eigenvalue weighted by Crippen LogP contribution is -2.52. The number of methoxy groups -OCH3 is 1. The Bertz CT molecular complexity index is 928. The molecule has 27 heavy (non-hydrogen) atoms. The van der Waals surface area contributed by atoms with Gasteiger partial charge in [0.15, 0.2) is 5.17 Å². The maximum absolute atomic E-state index is 13.0. The third kappa shape index (κ3) is 3.26. The summed E-state index contributed by atoms with van der Waals surface area (Å²) in [4.78, 5) is 16.4. The number of hydrazone groups is 1. The Morgan fingerprint density at radius 2 is 1.93 bits per heavy atom. The van der Waals surface area contributed by atoms with E-state index in [1.165, 1.54) is 11.1 Å². The number of thioether (sulfide) groups is 1. The number of amidine groups is 1. The van der Waals surface area contributed by atoms with Gasteiger partial charge in [0.05, 0.1) is 12.8 Å². The van der Waals surface area contributed by atoms with Crippen LogP contribution in [0.2, 0.25) is 0 Å². The van der Waals surface area contributed by atoms with Crippen molar-refractivity contribution in [2.24, 2.45) is 5.10 Å². The third-order valence-corrected chi connectivity index (χ3v) is 5.61. The molecule has 1 N–H and O–H groups in total. The predicted octanol–water partition coefficient (Wildman–Crippen LogP) is 3.26. The number of para-hydroxylation sites is 2. The molecular formula is C20H20N4O2S. The van der Waals surface area contributed by atoms with Crippen molar-refractivity contribution in [3.63, 3.8) is 0 Å². The number of amides is 1. The van der Waals surface area contributed by atoms with Gasteiger partial charge in [-0.2, -0.15) is 5.10 Å². The number of rotatable bonds is 4. The van der Waals surface area contributed by atoms with Crippen LogP contribution in [0.15, 0.2) is 66.0 Å². The molecule has 7 heteroatoms. The number of nitrogens with one attached hydrogen (secondary N) is 1. The van der Waals surface area contributed by atoms with E-state index in [1.807, 2.05) is 47.5 Å². The van der Waals surface area contributed by atoms with Gasteiger partial charge in [0, 0.05) is 18.2 Å². The molecule has 1 atom stereocenters. The second kappa shape index (κ2) is 7.36. The number of aryl methyl sites for hydroxylation is 1. The Kier molecular flexibility index (Phi) is 4.77. The first-order valence-corrected chi connectivity index (χ1v) is 9.61. The first-order chi connectivity index (χ1) is 13.2. The van der Waals surface area contributed by atoms with Gasteiger partial charge in [-0.25, -0.2) is 0 Å². The summed E-state index contributed by atoms with van der Waals surface area (Å²) in [5.74, 6) is 1.35. The standard InChI is InChI=1S/C20H20N4O2S/c1-14-7-3-4-8-15(14)13-27-20-22-21-18-19(25)23(11-12-24(18)20)16-9-5-6-10-17(16)26-2/h3-12,18,21H,13H2,1-2H3. The molecule has 138 valence electrons. The molecule has 2 aromatic rings. The number of carbonyl (C=O) groups excluding carboxylic acids is 1. The van der Waals surface area contributed by atoms with Crippen LogP contribution in [0.1, 0.15) is 11.1 Å². The second-order valence-electron chi connectivity index (χ2n) is 6.23. The number of anilines is 1. The molecule has 0 saturated heterocycles. The zero-order valence-electron chi connectivity index (χ0n) is 15.1. The van der Waals surface area contributed by atoms with Crippen LogP contribution in [-0.4, -0.2) is 29.3 Å². The monoisotopic (exact) mass is 380 g/mol. The van der Waals surface area contributed by atoms with E-state index >= 15 is 0 Å². The minimum absolute atomic E-state index is 0.0998. The van der Waals surface area contributed by atoms with E-state index in [4.69, 9.17) is 4.74 Å². The van der Waals surface area contributed by atoms with Crippen molar-refractivity contribution in [3.8, 4) is 5.75 Å². The van der Waals surface area contributed by atoms with Gasteiger partial charge in [-0.05, 0) is 30.2 Å². The molecular weight excluding hydrogens is 360 g/mol. The highest BCUT2D eigenvalue weighted by Crippen LogP contribution is 2.32. The molecule has 0 bridgehead atoms. The quantitative estimate of drug-likeness (QED) is 0.882. The van der Waals surface area contributed by atoms with Crippen molar-refractivity contribution in [3.05, 3.63) is 72.1 Å². The van der Waals surface area contributed by atoms with E-state index in [1.54, 1.807) is 30.0 Å². The molecule has 0 spiro atoms. The summed E-state index contributed by atoms with van der Waals surface area (Å²) in [6.07, 6.45) is 3.09. The summed E-state index contributed by atoms with van der Waals surface area (Å²) in [5.41, 5.74) is 6.18.